The second-order valence-corrected chi connectivity index (χ2v) is 6.78. The molecule has 23 heavy (non-hydrogen) atoms. The van der Waals surface area contributed by atoms with Crippen LogP contribution in [0.5, 0.6) is 0 Å². The molecule has 1 saturated heterocycles. The first-order chi connectivity index (χ1) is 11.1. The van der Waals surface area contributed by atoms with Crippen LogP contribution in [-0.2, 0) is 11.3 Å². The van der Waals surface area contributed by atoms with Crippen molar-refractivity contribution in [2.75, 3.05) is 13.1 Å². The van der Waals surface area contributed by atoms with Crippen molar-refractivity contribution >= 4 is 5.91 Å². The van der Waals surface area contributed by atoms with Crippen molar-refractivity contribution < 1.29 is 4.79 Å². The van der Waals surface area contributed by atoms with Crippen LogP contribution >= 0.6 is 0 Å². The molecule has 1 aromatic rings. The number of hydrogen-bond donors (Lipinski definition) is 0. The van der Waals surface area contributed by atoms with Gasteiger partial charge in [-0.05, 0) is 44.9 Å². The van der Waals surface area contributed by atoms with E-state index in [-0.39, 0.29) is 11.5 Å². The minimum Gasteiger partial charge on any atom is -0.342 e. The van der Waals surface area contributed by atoms with E-state index in [0.717, 1.165) is 45.2 Å². The maximum atomic E-state index is 12.5. The van der Waals surface area contributed by atoms with Crippen molar-refractivity contribution in [3.05, 3.63) is 40.6 Å². The molecule has 1 aliphatic carbocycles. The normalized spacial score (nSPS) is 22.3. The Morgan fingerprint density at radius 1 is 1.26 bits per heavy atom. The fourth-order valence-electron chi connectivity index (χ4n) is 3.58. The van der Waals surface area contributed by atoms with Crippen LogP contribution in [0.3, 0.4) is 0 Å². The summed E-state index contributed by atoms with van der Waals surface area (Å²) in [6, 6.07) is 0. The first-order valence-electron chi connectivity index (χ1n) is 8.60. The first-order valence-corrected chi connectivity index (χ1v) is 8.60. The van der Waals surface area contributed by atoms with Crippen LogP contribution in [0.15, 0.2) is 29.5 Å². The van der Waals surface area contributed by atoms with Crippen molar-refractivity contribution in [2.45, 2.75) is 45.6 Å². The number of likely N-dealkylation sites (tertiary alicyclic amines) is 1. The number of rotatable bonds is 3. The highest BCUT2D eigenvalue weighted by molar-refractivity contribution is 5.79. The summed E-state index contributed by atoms with van der Waals surface area (Å²) in [5, 5.41) is 0. The smallest absolute Gasteiger partial charge is 0.256 e. The van der Waals surface area contributed by atoms with E-state index < -0.39 is 0 Å². The maximum Gasteiger partial charge on any atom is 0.256 e. The van der Waals surface area contributed by atoms with Gasteiger partial charge in [-0.15, -0.1) is 0 Å². The summed E-state index contributed by atoms with van der Waals surface area (Å²) >= 11 is 0. The number of piperidine rings is 1. The quantitative estimate of drug-likeness (QED) is 0.803. The molecule has 0 bridgehead atoms. The van der Waals surface area contributed by atoms with Crippen molar-refractivity contribution in [1.29, 1.82) is 0 Å². The van der Waals surface area contributed by atoms with Gasteiger partial charge in [0.25, 0.3) is 5.56 Å². The van der Waals surface area contributed by atoms with Gasteiger partial charge in [0, 0.05) is 37.3 Å². The zero-order valence-electron chi connectivity index (χ0n) is 13.8. The molecule has 3 rings (SSSR count). The molecule has 0 radical (unpaired) electrons. The molecule has 1 unspecified atom stereocenters. The molecular weight excluding hydrogens is 290 g/mol. The van der Waals surface area contributed by atoms with Gasteiger partial charge in [0.15, 0.2) is 0 Å². The summed E-state index contributed by atoms with van der Waals surface area (Å²) in [5.74, 6) is 0.953. The lowest BCUT2D eigenvalue weighted by molar-refractivity contribution is -0.137. The topological polar surface area (TPSA) is 55.2 Å². The van der Waals surface area contributed by atoms with Gasteiger partial charge in [0.05, 0.1) is 6.33 Å². The van der Waals surface area contributed by atoms with Gasteiger partial charge in [-0.25, -0.2) is 4.98 Å². The first kappa shape index (κ1) is 16.0. The summed E-state index contributed by atoms with van der Waals surface area (Å²) in [5.41, 5.74) is 0.734. The predicted octanol–water partition coefficient (Wildman–Crippen LogP) is 2.15. The van der Waals surface area contributed by atoms with Crippen LogP contribution in [-0.4, -0.2) is 33.4 Å². The number of hydrogen-bond acceptors (Lipinski definition) is 3. The zero-order valence-corrected chi connectivity index (χ0v) is 13.8. The van der Waals surface area contributed by atoms with Crippen LogP contribution < -0.4 is 5.56 Å². The average molecular weight is 315 g/mol. The number of nitrogens with zero attached hydrogens (tertiary/aromatic N) is 3. The van der Waals surface area contributed by atoms with Gasteiger partial charge in [-0.3, -0.25) is 14.2 Å². The van der Waals surface area contributed by atoms with Crippen LogP contribution in [0.1, 0.15) is 37.7 Å². The predicted molar refractivity (Wildman–Crippen MR) is 89.0 cm³/mol. The fraction of sp³-hybridized carbons (Fsp3) is 0.611. The van der Waals surface area contributed by atoms with Gasteiger partial charge in [0.1, 0.15) is 0 Å². The minimum absolute atomic E-state index is 0.0486. The summed E-state index contributed by atoms with van der Waals surface area (Å²) in [7, 11) is 0. The van der Waals surface area contributed by atoms with E-state index in [1.807, 2.05) is 4.90 Å². The van der Waals surface area contributed by atoms with Gasteiger partial charge in [0.2, 0.25) is 5.91 Å². The molecule has 124 valence electrons. The Bertz CT molecular complexity index is 642. The molecule has 1 aromatic heterocycles. The molecule has 0 N–H and O–H groups in total. The van der Waals surface area contributed by atoms with Gasteiger partial charge >= 0.3 is 0 Å². The maximum absolute atomic E-state index is 12.5. The lowest BCUT2D eigenvalue weighted by atomic mass is 9.91. The standard InChI is InChI=1S/C18H25N3O2/c1-14-11-19-13-21(17(14)22)12-15-7-9-20(10-8-15)18(23)16-5-3-2-4-6-16/h2-3,11,13,15-16H,4-10,12H2,1H3. The molecule has 2 heterocycles. The largest absolute Gasteiger partial charge is 0.342 e. The Hall–Kier alpha value is -1.91. The summed E-state index contributed by atoms with van der Waals surface area (Å²) in [4.78, 5) is 30.7. The number of aryl methyl sites for hydroxylation is 1. The lowest BCUT2D eigenvalue weighted by Gasteiger charge is -2.34. The molecule has 0 saturated carbocycles. The molecule has 2 aliphatic rings. The monoisotopic (exact) mass is 315 g/mol. The molecule has 1 aliphatic heterocycles. The van der Waals surface area contributed by atoms with E-state index in [1.165, 1.54) is 0 Å². The molecule has 1 amide bonds. The number of aromatic nitrogens is 2. The molecule has 5 nitrogen and oxygen atoms in total. The number of allylic oxidation sites excluding steroid dienone is 2. The molecule has 1 fully saturated rings. The fourth-order valence-corrected chi connectivity index (χ4v) is 3.58. The molecule has 1 atom stereocenters. The van der Waals surface area contributed by atoms with E-state index in [4.69, 9.17) is 0 Å². The van der Waals surface area contributed by atoms with E-state index in [0.29, 0.717) is 23.9 Å². The summed E-state index contributed by atoms with van der Waals surface area (Å²) < 4.78 is 1.71. The Morgan fingerprint density at radius 3 is 2.74 bits per heavy atom. The lowest BCUT2D eigenvalue weighted by Crippen LogP contribution is -2.43. The van der Waals surface area contributed by atoms with Gasteiger partial charge in [-0.1, -0.05) is 12.2 Å². The molecule has 0 spiro atoms. The summed E-state index contributed by atoms with van der Waals surface area (Å²) in [6.07, 6.45) is 12.4. The Morgan fingerprint density at radius 2 is 2.04 bits per heavy atom. The minimum atomic E-state index is 0.0486. The number of amides is 1. The highest BCUT2D eigenvalue weighted by atomic mass is 16.2. The average Bonchev–Trinajstić information content (AvgIpc) is 2.60. The molecular formula is C18H25N3O2. The third kappa shape index (κ3) is 3.71. The SMILES string of the molecule is Cc1cncn(CC2CCN(C(=O)C3CC=CCC3)CC2)c1=O. The summed E-state index contributed by atoms with van der Waals surface area (Å²) in [6.45, 7) is 4.14. The van der Waals surface area contributed by atoms with Crippen molar-refractivity contribution in [3.63, 3.8) is 0 Å². The third-order valence-electron chi connectivity index (χ3n) is 5.07. The second kappa shape index (κ2) is 7.11. The van der Waals surface area contributed by atoms with Gasteiger partial charge < -0.3 is 4.90 Å². The van der Waals surface area contributed by atoms with Gasteiger partial charge in [-0.2, -0.15) is 0 Å². The van der Waals surface area contributed by atoms with Crippen LogP contribution in [0.25, 0.3) is 0 Å². The van der Waals surface area contributed by atoms with E-state index in [9.17, 15) is 9.59 Å². The van der Waals surface area contributed by atoms with Crippen molar-refractivity contribution in [1.82, 2.24) is 14.5 Å². The Labute approximate surface area is 137 Å². The highest BCUT2D eigenvalue weighted by Gasteiger charge is 2.28. The van der Waals surface area contributed by atoms with E-state index >= 15 is 0 Å². The highest BCUT2D eigenvalue weighted by Crippen LogP contribution is 2.24. The van der Waals surface area contributed by atoms with E-state index in [2.05, 4.69) is 17.1 Å². The second-order valence-electron chi connectivity index (χ2n) is 6.78. The van der Waals surface area contributed by atoms with Crippen molar-refractivity contribution in [2.24, 2.45) is 11.8 Å². The Balaban J connectivity index is 1.54. The zero-order chi connectivity index (χ0) is 16.2. The molecule has 0 aromatic carbocycles. The van der Waals surface area contributed by atoms with Crippen LogP contribution in [0, 0.1) is 18.8 Å². The Kier molecular flexibility index (Phi) is 4.94. The number of carbonyl (C=O) groups is 1. The van der Waals surface area contributed by atoms with Crippen LogP contribution in [0.2, 0.25) is 0 Å². The van der Waals surface area contributed by atoms with E-state index in [1.54, 1.807) is 24.0 Å². The molecule has 5 heteroatoms. The number of carbonyl (C=O) groups excluding carboxylic acids is 1. The third-order valence-corrected chi connectivity index (χ3v) is 5.07. The van der Waals surface area contributed by atoms with Crippen LogP contribution in [0.4, 0.5) is 0 Å². The van der Waals surface area contributed by atoms with Crippen molar-refractivity contribution in [3.8, 4) is 0 Å².